The molecular formula is C15H21FN2O. The van der Waals surface area contributed by atoms with E-state index >= 15 is 0 Å². The van der Waals surface area contributed by atoms with E-state index in [2.05, 4.69) is 4.90 Å². The van der Waals surface area contributed by atoms with E-state index in [0.29, 0.717) is 5.56 Å². The molecule has 1 amide bonds. The molecule has 1 aliphatic heterocycles. The number of likely N-dealkylation sites (N-methyl/N-ethyl adjacent to an activating group) is 1. The summed E-state index contributed by atoms with van der Waals surface area (Å²) in [5, 5.41) is 0. The van der Waals surface area contributed by atoms with Gasteiger partial charge in [0.05, 0.1) is 5.56 Å². The Morgan fingerprint density at radius 2 is 2.21 bits per heavy atom. The highest BCUT2D eigenvalue weighted by molar-refractivity contribution is 5.95. The maximum Gasteiger partial charge on any atom is 0.257 e. The maximum absolute atomic E-state index is 14.0. The fourth-order valence-corrected chi connectivity index (χ4v) is 2.68. The predicted octanol–water partition coefficient (Wildman–Crippen LogP) is 2.30. The summed E-state index contributed by atoms with van der Waals surface area (Å²) in [5.74, 6) is -0.562. The molecule has 1 aromatic rings. The van der Waals surface area contributed by atoms with Crippen molar-refractivity contribution < 1.29 is 9.18 Å². The molecule has 0 aliphatic carbocycles. The van der Waals surface area contributed by atoms with Crippen LogP contribution in [0.3, 0.4) is 0 Å². The molecule has 1 unspecified atom stereocenters. The van der Waals surface area contributed by atoms with Crippen molar-refractivity contribution in [1.82, 2.24) is 9.80 Å². The van der Waals surface area contributed by atoms with Crippen LogP contribution >= 0.6 is 0 Å². The Hall–Kier alpha value is -1.42. The lowest BCUT2D eigenvalue weighted by Crippen LogP contribution is -2.41. The first-order chi connectivity index (χ1) is 9.00. The number of carbonyl (C=O) groups excluding carboxylic acids is 1. The first kappa shape index (κ1) is 14.0. The van der Waals surface area contributed by atoms with E-state index < -0.39 is 0 Å². The second kappa shape index (κ2) is 5.70. The topological polar surface area (TPSA) is 23.6 Å². The Morgan fingerprint density at radius 1 is 1.47 bits per heavy atom. The summed E-state index contributed by atoms with van der Waals surface area (Å²) in [6.07, 6.45) is 2.00. The average Bonchev–Trinajstić information content (AvgIpc) is 2.79. The molecule has 0 aromatic heterocycles. The normalized spacial score (nSPS) is 19.2. The van der Waals surface area contributed by atoms with Gasteiger partial charge in [-0.05, 0) is 45.5 Å². The van der Waals surface area contributed by atoms with Crippen LogP contribution in [0.25, 0.3) is 0 Å². The largest absolute Gasteiger partial charge is 0.334 e. The monoisotopic (exact) mass is 264 g/mol. The van der Waals surface area contributed by atoms with Crippen molar-refractivity contribution in [3.8, 4) is 0 Å². The van der Waals surface area contributed by atoms with E-state index in [9.17, 15) is 9.18 Å². The Kier molecular flexibility index (Phi) is 4.20. The Morgan fingerprint density at radius 3 is 2.89 bits per heavy atom. The third-order valence-electron chi connectivity index (χ3n) is 3.64. The third-order valence-corrected chi connectivity index (χ3v) is 3.64. The zero-order valence-electron chi connectivity index (χ0n) is 11.8. The fraction of sp³-hybridized carbons (Fsp3) is 0.533. The average molecular weight is 264 g/mol. The van der Waals surface area contributed by atoms with Crippen LogP contribution in [0.4, 0.5) is 4.39 Å². The molecule has 0 N–H and O–H groups in total. The minimum absolute atomic E-state index is 0.175. The summed E-state index contributed by atoms with van der Waals surface area (Å²) >= 11 is 0. The van der Waals surface area contributed by atoms with Gasteiger partial charge in [-0.1, -0.05) is 12.1 Å². The smallest absolute Gasteiger partial charge is 0.257 e. The second-order valence-electron chi connectivity index (χ2n) is 5.49. The van der Waals surface area contributed by atoms with Crippen molar-refractivity contribution in [3.63, 3.8) is 0 Å². The van der Waals surface area contributed by atoms with Crippen LogP contribution < -0.4 is 0 Å². The van der Waals surface area contributed by atoms with E-state index in [1.807, 2.05) is 19.0 Å². The number of nitrogens with zero attached hydrogens (tertiary/aromatic N) is 2. The van der Waals surface area contributed by atoms with Crippen molar-refractivity contribution in [1.29, 1.82) is 0 Å². The van der Waals surface area contributed by atoms with Crippen LogP contribution in [-0.4, -0.2) is 48.9 Å². The molecule has 0 spiro atoms. The minimum atomic E-state index is -0.386. The summed E-state index contributed by atoms with van der Waals surface area (Å²) < 4.78 is 14.0. The summed E-state index contributed by atoms with van der Waals surface area (Å²) in [6, 6.07) is 5.20. The lowest BCUT2D eigenvalue weighted by Gasteiger charge is -2.27. The number of likely N-dealkylation sites (tertiary alicyclic amines) is 1. The molecule has 1 saturated heterocycles. The van der Waals surface area contributed by atoms with Crippen molar-refractivity contribution in [2.75, 3.05) is 27.2 Å². The van der Waals surface area contributed by atoms with Gasteiger partial charge in [-0.3, -0.25) is 4.79 Å². The van der Waals surface area contributed by atoms with Gasteiger partial charge in [-0.15, -0.1) is 0 Å². The first-order valence-electron chi connectivity index (χ1n) is 6.71. The molecule has 2 rings (SSSR count). The van der Waals surface area contributed by atoms with Crippen molar-refractivity contribution in [2.45, 2.75) is 25.8 Å². The van der Waals surface area contributed by atoms with Gasteiger partial charge in [-0.25, -0.2) is 4.39 Å². The van der Waals surface area contributed by atoms with E-state index in [0.717, 1.165) is 25.9 Å². The molecule has 1 aliphatic rings. The van der Waals surface area contributed by atoms with Gasteiger partial charge in [0.25, 0.3) is 5.91 Å². The number of benzene rings is 1. The highest BCUT2D eigenvalue weighted by Crippen LogP contribution is 2.22. The van der Waals surface area contributed by atoms with Gasteiger partial charge in [0, 0.05) is 19.1 Å². The van der Waals surface area contributed by atoms with Crippen LogP contribution in [0.2, 0.25) is 0 Å². The molecular weight excluding hydrogens is 243 g/mol. The van der Waals surface area contributed by atoms with Gasteiger partial charge >= 0.3 is 0 Å². The van der Waals surface area contributed by atoms with E-state index in [1.54, 1.807) is 25.1 Å². The van der Waals surface area contributed by atoms with Gasteiger partial charge in [-0.2, -0.15) is 0 Å². The summed E-state index contributed by atoms with van der Waals surface area (Å²) in [5.41, 5.74) is 0.722. The Balaban J connectivity index is 2.21. The molecule has 1 heterocycles. The van der Waals surface area contributed by atoms with Gasteiger partial charge in [0.1, 0.15) is 5.82 Å². The number of aryl methyl sites for hydroxylation is 1. The van der Waals surface area contributed by atoms with Crippen LogP contribution in [0.1, 0.15) is 28.8 Å². The highest BCUT2D eigenvalue weighted by atomic mass is 19.1. The molecule has 104 valence electrons. The molecule has 1 fully saturated rings. The third kappa shape index (κ3) is 2.95. The van der Waals surface area contributed by atoms with Crippen LogP contribution in [0, 0.1) is 12.7 Å². The second-order valence-corrected chi connectivity index (χ2v) is 5.49. The van der Waals surface area contributed by atoms with Gasteiger partial charge in [0.15, 0.2) is 0 Å². The molecule has 3 nitrogen and oxygen atoms in total. The van der Waals surface area contributed by atoms with Crippen LogP contribution in [-0.2, 0) is 0 Å². The number of hydrogen-bond donors (Lipinski definition) is 0. The molecule has 0 bridgehead atoms. The van der Waals surface area contributed by atoms with Crippen LogP contribution in [0.15, 0.2) is 18.2 Å². The van der Waals surface area contributed by atoms with Gasteiger partial charge < -0.3 is 9.80 Å². The first-order valence-corrected chi connectivity index (χ1v) is 6.71. The number of rotatable bonds is 3. The van der Waals surface area contributed by atoms with E-state index in [1.165, 1.54) is 0 Å². The summed E-state index contributed by atoms with van der Waals surface area (Å²) in [4.78, 5) is 16.4. The SMILES string of the molecule is Cc1cccc(C(=O)N2CCCC2CN(C)C)c1F. The summed E-state index contributed by atoms with van der Waals surface area (Å²) in [6.45, 7) is 3.25. The highest BCUT2D eigenvalue weighted by Gasteiger charge is 2.31. The molecule has 0 saturated carbocycles. The number of halogens is 1. The predicted molar refractivity (Wildman–Crippen MR) is 73.7 cm³/mol. The lowest BCUT2D eigenvalue weighted by atomic mass is 10.1. The summed E-state index contributed by atoms with van der Waals surface area (Å²) in [7, 11) is 3.99. The Labute approximate surface area is 114 Å². The Bertz CT molecular complexity index is 473. The molecule has 4 heteroatoms. The zero-order valence-corrected chi connectivity index (χ0v) is 11.8. The van der Waals surface area contributed by atoms with E-state index in [-0.39, 0.29) is 23.3 Å². The maximum atomic E-state index is 14.0. The van der Waals surface area contributed by atoms with Crippen LogP contribution in [0.5, 0.6) is 0 Å². The minimum Gasteiger partial charge on any atom is -0.334 e. The quantitative estimate of drug-likeness (QED) is 0.836. The number of amides is 1. The van der Waals surface area contributed by atoms with Gasteiger partial charge in [0.2, 0.25) is 0 Å². The fourth-order valence-electron chi connectivity index (χ4n) is 2.68. The number of carbonyl (C=O) groups is 1. The standard InChI is InChI=1S/C15H21FN2O/c1-11-6-4-8-13(14(11)16)15(19)18-9-5-7-12(18)10-17(2)3/h4,6,8,12H,5,7,9-10H2,1-3H3. The molecule has 1 aromatic carbocycles. The molecule has 0 radical (unpaired) electrons. The van der Waals surface area contributed by atoms with Crippen molar-refractivity contribution >= 4 is 5.91 Å². The molecule has 19 heavy (non-hydrogen) atoms. The van der Waals surface area contributed by atoms with E-state index in [4.69, 9.17) is 0 Å². The zero-order chi connectivity index (χ0) is 14.0. The lowest BCUT2D eigenvalue weighted by molar-refractivity contribution is 0.0711. The number of hydrogen-bond acceptors (Lipinski definition) is 2. The molecule has 1 atom stereocenters. The van der Waals surface area contributed by atoms with Crippen molar-refractivity contribution in [3.05, 3.63) is 35.1 Å². The van der Waals surface area contributed by atoms with Crippen molar-refractivity contribution in [2.24, 2.45) is 0 Å².